The predicted octanol–water partition coefficient (Wildman–Crippen LogP) is 5.60. The molecule has 6 heteroatoms. The van der Waals surface area contributed by atoms with Crippen molar-refractivity contribution >= 4 is 23.4 Å². The number of nitrogens with zero attached hydrogens (tertiary/aromatic N) is 3. The fraction of sp³-hybridized carbons (Fsp3) is 0.192. The maximum Gasteiger partial charge on any atom is 0.234 e. The van der Waals surface area contributed by atoms with Gasteiger partial charge in [-0.05, 0) is 41.7 Å². The van der Waals surface area contributed by atoms with Gasteiger partial charge in [-0.1, -0.05) is 84.6 Å². The van der Waals surface area contributed by atoms with Crippen LogP contribution in [0.15, 0.2) is 90.1 Å². The van der Waals surface area contributed by atoms with Crippen LogP contribution in [0.25, 0.3) is 11.1 Å². The van der Waals surface area contributed by atoms with Crippen molar-refractivity contribution in [3.63, 3.8) is 0 Å². The van der Waals surface area contributed by atoms with Gasteiger partial charge in [0.2, 0.25) is 5.91 Å². The summed E-state index contributed by atoms with van der Waals surface area (Å²) in [7, 11) is 0. The first kappa shape index (κ1) is 20.5. The molecule has 0 aliphatic heterocycles. The monoisotopic (exact) mass is 440 g/mol. The second kappa shape index (κ2) is 9.40. The van der Waals surface area contributed by atoms with E-state index in [9.17, 15) is 4.79 Å². The Morgan fingerprint density at radius 2 is 1.53 bits per heavy atom. The molecule has 0 radical (unpaired) electrons. The molecule has 5 rings (SSSR count). The third-order valence-corrected chi connectivity index (χ3v) is 6.45. The minimum Gasteiger partial charge on any atom is -0.325 e. The van der Waals surface area contributed by atoms with Crippen LogP contribution >= 0.6 is 11.8 Å². The molecule has 1 aliphatic carbocycles. The molecule has 1 heterocycles. The number of carbonyl (C=O) groups is 1. The van der Waals surface area contributed by atoms with Gasteiger partial charge in [0.15, 0.2) is 5.16 Å². The van der Waals surface area contributed by atoms with E-state index >= 15 is 0 Å². The Hall–Kier alpha value is -3.38. The van der Waals surface area contributed by atoms with Gasteiger partial charge in [0, 0.05) is 11.6 Å². The number of aromatic nitrogens is 3. The Morgan fingerprint density at radius 1 is 0.875 bits per heavy atom. The lowest BCUT2D eigenvalue weighted by molar-refractivity contribution is -0.113. The highest BCUT2D eigenvalue weighted by atomic mass is 32.2. The normalized spacial score (nSPS) is 13.1. The molecular formula is C26H24N4OS. The van der Waals surface area contributed by atoms with Crippen LogP contribution in [0.3, 0.4) is 0 Å². The van der Waals surface area contributed by atoms with E-state index in [1.807, 2.05) is 60.7 Å². The van der Waals surface area contributed by atoms with Crippen molar-refractivity contribution < 1.29 is 4.79 Å². The largest absolute Gasteiger partial charge is 0.325 e. The average molecular weight is 441 g/mol. The molecule has 0 unspecified atom stereocenters. The highest BCUT2D eigenvalue weighted by Gasteiger charge is 2.30. The van der Waals surface area contributed by atoms with Crippen molar-refractivity contribution in [2.24, 2.45) is 0 Å². The van der Waals surface area contributed by atoms with E-state index in [2.05, 4.69) is 44.3 Å². The molecule has 1 saturated carbocycles. The van der Waals surface area contributed by atoms with Gasteiger partial charge >= 0.3 is 0 Å². The van der Waals surface area contributed by atoms with Gasteiger partial charge in [0.1, 0.15) is 5.82 Å². The summed E-state index contributed by atoms with van der Waals surface area (Å²) in [5.74, 6) is 1.77. The first-order valence-electron chi connectivity index (χ1n) is 10.8. The Bertz CT molecular complexity index is 1190. The molecule has 1 amide bonds. The van der Waals surface area contributed by atoms with Crippen molar-refractivity contribution in [1.29, 1.82) is 0 Å². The quantitative estimate of drug-likeness (QED) is 0.362. The summed E-state index contributed by atoms with van der Waals surface area (Å²) in [4.78, 5) is 12.6. The molecule has 0 bridgehead atoms. The van der Waals surface area contributed by atoms with E-state index in [1.54, 1.807) is 0 Å². The van der Waals surface area contributed by atoms with E-state index in [0.717, 1.165) is 47.2 Å². The predicted molar refractivity (Wildman–Crippen MR) is 129 cm³/mol. The second-order valence-electron chi connectivity index (χ2n) is 7.97. The van der Waals surface area contributed by atoms with Crippen molar-refractivity contribution in [2.75, 3.05) is 11.1 Å². The zero-order chi connectivity index (χ0) is 21.8. The Balaban J connectivity index is 1.22. The fourth-order valence-corrected chi connectivity index (χ4v) is 4.41. The lowest BCUT2D eigenvalue weighted by atomic mass is 10.1. The minimum atomic E-state index is -0.0512. The summed E-state index contributed by atoms with van der Waals surface area (Å²) in [6.45, 7) is 0.727. The van der Waals surface area contributed by atoms with Crippen LogP contribution in [0.1, 0.15) is 30.1 Å². The maximum absolute atomic E-state index is 12.6. The van der Waals surface area contributed by atoms with Gasteiger partial charge < -0.3 is 9.88 Å². The van der Waals surface area contributed by atoms with Gasteiger partial charge in [-0.25, -0.2) is 0 Å². The molecule has 0 spiro atoms. The van der Waals surface area contributed by atoms with Gasteiger partial charge in [0.05, 0.1) is 12.3 Å². The third-order valence-electron chi connectivity index (χ3n) is 5.48. The Labute approximate surface area is 191 Å². The van der Waals surface area contributed by atoms with Crippen molar-refractivity contribution in [3.8, 4) is 11.1 Å². The number of hydrogen-bond acceptors (Lipinski definition) is 4. The number of hydrogen-bond donors (Lipinski definition) is 1. The summed E-state index contributed by atoms with van der Waals surface area (Å²) in [6.07, 6.45) is 2.33. The summed E-state index contributed by atoms with van der Waals surface area (Å²) in [5.41, 5.74) is 4.28. The molecule has 1 aliphatic rings. The molecule has 0 atom stereocenters. The van der Waals surface area contributed by atoms with Crippen LogP contribution in [0.2, 0.25) is 0 Å². The standard InChI is InChI=1S/C26H24N4OS/c31-24(27-23-15-13-21(14-16-23)20-9-5-2-6-10-20)18-32-26-29-28-25(22-11-12-22)30(26)17-19-7-3-1-4-8-19/h1-10,13-16,22H,11-12,17-18H2,(H,27,31). The summed E-state index contributed by atoms with van der Waals surface area (Å²) in [5, 5.41) is 12.6. The van der Waals surface area contributed by atoms with E-state index in [4.69, 9.17) is 0 Å². The van der Waals surface area contributed by atoms with Gasteiger partial charge in [-0.3, -0.25) is 4.79 Å². The number of anilines is 1. The zero-order valence-electron chi connectivity index (χ0n) is 17.6. The SMILES string of the molecule is O=C(CSc1nnc(C2CC2)n1Cc1ccccc1)Nc1ccc(-c2ccccc2)cc1. The molecular weight excluding hydrogens is 416 g/mol. The average Bonchev–Trinajstić information content (AvgIpc) is 3.61. The smallest absolute Gasteiger partial charge is 0.234 e. The highest BCUT2D eigenvalue weighted by Crippen LogP contribution is 2.40. The third kappa shape index (κ3) is 4.92. The van der Waals surface area contributed by atoms with Gasteiger partial charge in [0.25, 0.3) is 0 Å². The van der Waals surface area contributed by atoms with Crippen LogP contribution in [0, 0.1) is 0 Å². The zero-order valence-corrected chi connectivity index (χ0v) is 18.5. The maximum atomic E-state index is 12.6. The first-order valence-corrected chi connectivity index (χ1v) is 11.8. The van der Waals surface area contributed by atoms with Crippen LogP contribution < -0.4 is 5.32 Å². The fourth-order valence-electron chi connectivity index (χ4n) is 3.67. The molecule has 1 fully saturated rings. The number of benzene rings is 3. The molecule has 3 aromatic carbocycles. The second-order valence-corrected chi connectivity index (χ2v) is 8.91. The lowest BCUT2D eigenvalue weighted by Crippen LogP contribution is -2.15. The van der Waals surface area contributed by atoms with Crippen LogP contribution in [-0.2, 0) is 11.3 Å². The highest BCUT2D eigenvalue weighted by molar-refractivity contribution is 7.99. The van der Waals surface area contributed by atoms with E-state index in [0.29, 0.717) is 5.92 Å². The summed E-state index contributed by atoms with van der Waals surface area (Å²) < 4.78 is 2.17. The van der Waals surface area contributed by atoms with E-state index in [1.165, 1.54) is 17.3 Å². The molecule has 160 valence electrons. The molecule has 0 saturated heterocycles. The number of rotatable bonds is 8. The van der Waals surface area contributed by atoms with Crippen LogP contribution in [-0.4, -0.2) is 26.4 Å². The molecule has 1 aromatic heterocycles. The van der Waals surface area contributed by atoms with Gasteiger partial charge in [-0.2, -0.15) is 0 Å². The topological polar surface area (TPSA) is 59.8 Å². The van der Waals surface area contributed by atoms with Crippen molar-refractivity contribution in [1.82, 2.24) is 14.8 Å². The first-order chi connectivity index (χ1) is 15.8. The minimum absolute atomic E-state index is 0.0512. The summed E-state index contributed by atoms with van der Waals surface area (Å²) >= 11 is 1.44. The lowest BCUT2D eigenvalue weighted by Gasteiger charge is -2.10. The Morgan fingerprint density at radius 3 is 2.22 bits per heavy atom. The van der Waals surface area contributed by atoms with Crippen molar-refractivity contribution in [3.05, 3.63) is 96.3 Å². The van der Waals surface area contributed by atoms with Crippen LogP contribution in [0.5, 0.6) is 0 Å². The van der Waals surface area contributed by atoms with E-state index < -0.39 is 0 Å². The Kier molecular flexibility index (Phi) is 6.03. The van der Waals surface area contributed by atoms with E-state index in [-0.39, 0.29) is 11.7 Å². The van der Waals surface area contributed by atoms with Crippen LogP contribution in [0.4, 0.5) is 5.69 Å². The number of nitrogens with one attached hydrogen (secondary N) is 1. The molecule has 1 N–H and O–H groups in total. The summed E-state index contributed by atoms with van der Waals surface area (Å²) in [6, 6.07) is 28.4. The molecule has 4 aromatic rings. The molecule has 5 nitrogen and oxygen atoms in total. The van der Waals surface area contributed by atoms with Gasteiger partial charge in [-0.15, -0.1) is 10.2 Å². The number of carbonyl (C=O) groups excluding carboxylic acids is 1. The number of amides is 1. The molecule has 32 heavy (non-hydrogen) atoms. The number of thioether (sulfide) groups is 1. The van der Waals surface area contributed by atoms with Crippen molar-refractivity contribution in [2.45, 2.75) is 30.5 Å².